The lowest BCUT2D eigenvalue weighted by molar-refractivity contribution is -0.138. The van der Waals surface area contributed by atoms with Crippen molar-refractivity contribution in [1.29, 1.82) is 0 Å². The first-order valence-electron chi connectivity index (χ1n) is 6.57. The standard InChI is InChI=1S/C14H13BrN2O4/c1-6-2-7-3-8(15)4-9-12(7)17(10(6)5-11(18)19)14(21)13(20)16-9/h3-4,6,10H,2,5H2,1H3,(H,16,20)(H,18,19)/t6-,10-/m0/s1. The summed E-state index contributed by atoms with van der Waals surface area (Å²) in [6, 6.07) is 3.13. The zero-order chi connectivity index (χ0) is 15.3. The number of aliphatic carboxylic acids is 1. The highest BCUT2D eigenvalue weighted by atomic mass is 79.9. The van der Waals surface area contributed by atoms with Crippen molar-refractivity contribution in [3.63, 3.8) is 0 Å². The van der Waals surface area contributed by atoms with Gasteiger partial charge in [0.15, 0.2) is 0 Å². The zero-order valence-corrected chi connectivity index (χ0v) is 12.8. The van der Waals surface area contributed by atoms with E-state index in [1.807, 2.05) is 13.0 Å². The monoisotopic (exact) mass is 352 g/mol. The molecule has 0 saturated carbocycles. The summed E-state index contributed by atoms with van der Waals surface area (Å²) in [6.07, 6.45) is 0.495. The smallest absolute Gasteiger partial charge is 0.317 e. The molecule has 2 N–H and O–H groups in total. The number of carboxylic acid groups (broad SMARTS) is 1. The van der Waals surface area contributed by atoms with E-state index >= 15 is 0 Å². The maximum Gasteiger partial charge on any atom is 0.317 e. The lowest BCUT2D eigenvalue weighted by Crippen LogP contribution is -2.43. The molecule has 21 heavy (non-hydrogen) atoms. The largest absolute Gasteiger partial charge is 0.481 e. The summed E-state index contributed by atoms with van der Waals surface area (Å²) in [5, 5.41) is 9.08. The molecule has 1 aliphatic heterocycles. The zero-order valence-electron chi connectivity index (χ0n) is 11.2. The Morgan fingerprint density at radius 3 is 2.86 bits per heavy atom. The number of aromatic nitrogens is 2. The number of benzene rings is 1. The predicted octanol–water partition coefficient (Wildman–Crippen LogP) is 1.66. The minimum atomic E-state index is -0.979. The van der Waals surface area contributed by atoms with Gasteiger partial charge in [-0.05, 0) is 30.0 Å². The molecule has 0 aliphatic carbocycles. The number of aromatic amines is 1. The van der Waals surface area contributed by atoms with Crippen LogP contribution in [0.3, 0.4) is 0 Å². The number of carbonyl (C=O) groups is 1. The maximum absolute atomic E-state index is 12.2. The summed E-state index contributed by atoms with van der Waals surface area (Å²) in [6.45, 7) is 1.90. The SMILES string of the molecule is C[C@H]1Cc2cc(Br)cc3[nH]c(=O)c(=O)n(c23)[C@H]1CC(=O)O. The van der Waals surface area contributed by atoms with Crippen LogP contribution in [0.1, 0.15) is 24.9 Å². The normalized spacial score (nSPS) is 20.7. The van der Waals surface area contributed by atoms with E-state index in [2.05, 4.69) is 20.9 Å². The molecule has 1 aromatic heterocycles. The lowest BCUT2D eigenvalue weighted by atomic mass is 9.87. The van der Waals surface area contributed by atoms with Crippen LogP contribution in [0.15, 0.2) is 26.2 Å². The Kier molecular flexibility index (Phi) is 3.24. The number of nitrogens with zero attached hydrogens (tertiary/aromatic N) is 1. The highest BCUT2D eigenvalue weighted by Crippen LogP contribution is 2.35. The minimum absolute atomic E-state index is 0.0365. The van der Waals surface area contributed by atoms with Gasteiger partial charge in [-0.25, -0.2) is 0 Å². The summed E-state index contributed by atoms with van der Waals surface area (Å²) in [5.74, 6) is -1.02. The Bertz CT molecular complexity index is 868. The molecule has 7 heteroatoms. The van der Waals surface area contributed by atoms with Crippen LogP contribution in [0, 0.1) is 5.92 Å². The predicted molar refractivity (Wildman–Crippen MR) is 80.7 cm³/mol. The van der Waals surface area contributed by atoms with Gasteiger partial charge in [-0.3, -0.25) is 19.0 Å². The molecule has 0 bridgehead atoms. The van der Waals surface area contributed by atoms with Crippen LogP contribution in [0.4, 0.5) is 0 Å². The molecule has 2 aromatic rings. The average molecular weight is 353 g/mol. The summed E-state index contributed by atoms with van der Waals surface area (Å²) in [5.41, 5.74) is 0.695. The van der Waals surface area contributed by atoms with Gasteiger partial charge in [0.1, 0.15) is 0 Å². The molecule has 0 spiro atoms. The summed E-state index contributed by atoms with van der Waals surface area (Å²) < 4.78 is 2.17. The first-order chi connectivity index (χ1) is 9.88. The van der Waals surface area contributed by atoms with E-state index in [1.165, 1.54) is 4.57 Å². The molecule has 0 radical (unpaired) electrons. The van der Waals surface area contributed by atoms with E-state index in [0.717, 1.165) is 10.0 Å². The molecule has 0 saturated heterocycles. The molecule has 6 nitrogen and oxygen atoms in total. The Hall–Kier alpha value is -1.89. The summed E-state index contributed by atoms with van der Waals surface area (Å²) >= 11 is 3.39. The van der Waals surface area contributed by atoms with Crippen LogP contribution in [0.2, 0.25) is 0 Å². The Morgan fingerprint density at radius 2 is 2.19 bits per heavy atom. The van der Waals surface area contributed by atoms with Gasteiger partial charge >= 0.3 is 17.1 Å². The van der Waals surface area contributed by atoms with Crippen molar-refractivity contribution in [2.75, 3.05) is 0 Å². The maximum atomic E-state index is 12.2. The fourth-order valence-electron chi connectivity index (χ4n) is 3.10. The molecule has 2 heterocycles. The van der Waals surface area contributed by atoms with E-state index in [4.69, 9.17) is 5.11 Å². The van der Waals surface area contributed by atoms with Crippen LogP contribution in [0.5, 0.6) is 0 Å². The number of carboxylic acids is 1. The first kappa shape index (κ1) is 14.1. The number of halogens is 1. The molecule has 110 valence electrons. The van der Waals surface area contributed by atoms with E-state index in [9.17, 15) is 14.4 Å². The van der Waals surface area contributed by atoms with Crippen molar-refractivity contribution in [1.82, 2.24) is 9.55 Å². The number of nitrogens with one attached hydrogen (secondary N) is 1. The van der Waals surface area contributed by atoms with Crippen molar-refractivity contribution in [2.45, 2.75) is 25.8 Å². The Morgan fingerprint density at radius 1 is 1.48 bits per heavy atom. The lowest BCUT2D eigenvalue weighted by Gasteiger charge is -2.32. The number of rotatable bonds is 2. The van der Waals surface area contributed by atoms with Crippen molar-refractivity contribution >= 4 is 32.9 Å². The molecule has 0 unspecified atom stereocenters. The molecule has 0 fully saturated rings. The van der Waals surface area contributed by atoms with Gasteiger partial charge in [0.05, 0.1) is 23.5 Å². The Balaban J connectivity index is 2.42. The third kappa shape index (κ3) is 2.21. The van der Waals surface area contributed by atoms with Crippen molar-refractivity contribution in [3.05, 3.63) is 42.9 Å². The summed E-state index contributed by atoms with van der Waals surface area (Å²) in [4.78, 5) is 37.7. The molecule has 3 rings (SSSR count). The van der Waals surface area contributed by atoms with Gasteiger partial charge in [-0.2, -0.15) is 0 Å². The molecular formula is C14H13BrN2O4. The fraction of sp³-hybridized carbons (Fsp3) is 0.357. The summed E-state index contributed by atoms with van der Waals surface area (Å²) in [7, 11) is 0. The second kappa shape index (κ2) is 4.84. The number of H-pyrrole nitrogens is 1. The molecule has 1 aliphatic rings. The molecule has 0 amide bonds. The third-order valence-electron chi connectivity index (χ3n) is 3.97. The van der Waals surface area contributed by atoms with Crippen molar-refractivity contribution in [2.24, 2.45) is 5.92 Å². The van der Waals surface area contributed by atoms with Gasteiger partial charge < -0.3 is 10.1 Å². The van der Waals surface area contributed by atoms with Crippen LogP contribution in [-0.4, -0.2) is 20.6 Å². The van der Waals surface area contributed by atoms with Crippen LogP contribution in [-0.2, 0) is 11.2 Å². The van der Waals surface area contributed by atoms with Gasteiger partial charge in [-0.1, -0.05) is 22.9 Å². The molecule has 2 atom stereocenters. The van der Waals surface area contributed by atoms with Crippen LogP contribution >= 0.6 is 15.9 Å². The van der Waals surface area contributed by atoms with Crippen LogP contribution in [0.25, 0.3) is 11.0 Å². The topological polar surface area (TPSA) is 92.2 Å². The number of hydrogen-bond donors (Lipinski definition) is 2. The van der Waals surface area contributed by atoms with Crippen molar-refractivity contribution < 1.29 is 9.90 Å². The fourth-order valence-corrected chi connectivity index (χ4v) is 3.61. The highest BCUT2D eigenvalue weighted by Gasteiger charge is 2.31. The van der Waals surface area contributed by atoms with Crippen molar-refractivity contribution in [3.8, 4) is 0 Å². The molecule has 1 aromatic carbocycles. The second-order valence-corrected chi connectivity index (χ2v) is 6.35. The average Bonchev–Trinajstić information content (AvgIpc) is 2.37. The minimum Gasteiger partial charge on any atom is -0.481 e. The highest BCUT2D eigenvalue weighted by molar-refractivity contribution is 9.10. The van der Waals surface area contributed by atoms with Gasteiger partial charge in [0, 0.05) is 4.47 Å². The second-order valence-electron chi connectivity index (χ2n) is 5.44. The quantitative estimate of drug-likeness (QED) is 0.804. The number of hydrogen-bond acceptors (Lipinski definition) is 3. The van der Waals surface area contributed by atoms with E-state index in [-0.39, 0.29) is 12.3 Å². The Labute approximate surface area is 127 Å². The molecular weight excluding hydrogens is 340 g/mol. The van der Waals surface area contributed by atoms with Gasteiger partial charge in [0.2, 0.25) is 0 Å². The van der Waals surface area contributed by atoms with E-state index < -0.39 is 23.1 Å². The van der Waals surface area contributed by atoms with Gasteiger partial charge in [-0.15, -0.1) is 0 Å². The van der Waals surface area contributed by atoms with E-state index in [0.29, 0.717) is 17.5 Å². The van der Waals surface area contributed by atoms with Crippen LogP contribution < -0.4 is 11.1 Å². The van der Waals surface area contributed by atoms with E-state index in [1.54, 1.807) is 6.07 Å². The first-order valence-corrected chi connectivity index (χ1v) is 7.36. The third-order valence-corrected chi connectivity index (χ3v) is 4.43. The van der Waals surface area contributed by atoms with Gasteiger partial charge in [0.25, 0.3) is 0 Å².